The summed E-state index contributed by atoms with van der Waals surface area (Å²) in [4.78, 5) is 12.0. The third-order valence-electron chi connectivity index (χ3n) is 2.60. The molecule has 2 aromatic carbocycles. The summed E-state index contributed by atoms with van der Waals surface area (Å²) in [6.45, 7) is 1.80. The Morgan fingerprint density at radius 1 is 1.32 bits per heavy atom. The molecule has 0 unspecified atom stereocenters. The molecule has 2 rings (SSSR count). The lowest BCUT2D eigenvalue weighted by Crippen LogP contribution is -2.13. The molecule has 0 atom stereocenters. The molecule has 0 aromatic heterocycles. The van der Waals surface area contributed by atoms with Crippen LogP contribution in [0.3, 0.4) is 0 Å². The molecule has 19 heavy (non-hydrogen) atoms. The molecule has 0 saturated heterocycles. The Kier molecular flexibility index (Phi) is 3.85. The molecule has 3 nitrogen and oxygen atoms in total. The third kappa shape index (κ3) is 2.93. The highest BCUT2D eigenvalue weighted by Crippen LogP contribution is 2.27. The Morgan fingerprint density at radius 2 is 2.05 bits per heavy atom. The molecular weight excluding hydrogens is 313 g/mol. The standard InChI is InChI=1S/C14H11BrFNO2/c1-8-5-6-12(18)9(7-8)14(19)17-13-10(15)3-2-4-11(13)16/h2-7,18H,1H3,(H,17,19). The molecule has 0 saturated carbocycles. The first-order chi connectivity index (χ1) is 8.99. The van der Waals surface area contributed by atoms with Gasteiger partial charge in [0.05, 0.1) is 11.3 Å². The molecule has 0 bridgehead atoms. The van der Waals surface area contributed by atoms with Crippen molar-refractivity contribution < 1.29 is 14.3 Å². The van der Waals surface area contributed by atoms with Crippen molar-refractivity contribution in [2.45, 2.75) is 6.92 Å². The zero-order chi connectivity index (χ0) is 14.0. The van der Waals surface area contributed by atoms with Gasteiger partial charge in [-0.25, -0.2) is 4.39 Å². The van der Waals surface area contributed by atoms with Crippen LogP contribution in [-0.4, -0.2) is 11.0 Å². The maximum absolute atomic E-state index is 13.6. The topological polar surface area (TPSA) is 49.3 Å². The predicted octanol–water partition coefficient (Wildman–Crippen LogP) is 3.85. The molecule has 98 valence electrons. The maximum atomic E-state index is 13.6. The minimum Gasteiger partial charge on any atom is -0.507 e. The van der Waals surface area contributed by atoms with E-state index in [0.29, 0.717) is 4.47 Å². The van der Waals surface area contributed by atoms with Crippen LogP contribution >= 0.6 is 15.9 Å². The number of nitrogens with one attached hydrogen (secondary N) is 1. The summed E-state index contributed by atoms with van der Waals surface area (Å²) in [5.74, 6) is -1.25. The Bertz CT molecular complexity index is 623. The molecule has 0 spiro atoms. The smallest absolute Gasteiger partial charge is 0.259 e. The first kappa shape index (κ1) is 13.5. The number of carbonyl (C=O) groups is 1. The van der Waals surface area contributed by atoms with E-state index >= 15 is 0 Å². The molecule has 5 heteroatoms. The number of hydrogen-bond donors (Lipinski definition) is 2. The fraction of sp³-hybridized carbons (Fsp3) is 0.0714. The van der Waals surface area contributed by atoms with Crippen molar-refractivity contribution in [2.75, 3.05) is 5.32 Å². The van der Waals surface area contributed by atoms with E-state index in [1.165, 1.54) is 18.2 Å². The van der Waals surface area contributed by atoms with Crippen LogP contribution in [0.5, 0.6) is 5.75 Å². The van der Waals surface area contributed by atoms with Gasteiger partial charge in [-0.05, 0) is 47.1 Å². The SMILES string of the molecule is Cc1ccc(O)c(C(=O)Nc2c(F)cccc2Br)c1. The lowest BCUT2D eigenvalue weighted by molar-refractivity contribution is 0.102. The highest BCUT2D eigenvalue weighted by Gasteiger charge is 2.15. The molecule has 0 aliphatic rings. The van der Waals surface area contributed by atoms with Gasteiger partial charge >= 0.3 is 0 Å². The fourth-order valence-corrected chi connectivity index (χ4v) is 2.07. The number of anilines is 1. The van der Waals surface area contributed by atoms with E-state index in [2.05, 4.69) is 21.2 Å². The Balaban J connectivity index is 2.34. The number of carbonyl (C=O) groups excluding carboxylic acids is 1. The molecule has 0 aliphatic carbocycles. The summed E-state index contributed by atoms with van der Waals surface area (Å²) in [7, 11) is 0. The van der Waals surface area contributed by atoms with Crippen LogP contribution < -0.4 is 5.32 Å². The summed E-state index contributed by atoms with van der Waals surface area (Å²) in [5, 5.41) is 12.1. The first-order valence-electron chi connectivity index (χ1n) is 5.54. The van der Waals surface area contributed by atoms with Gasteiger partial charge in [0.15, 0.2) is 0 Å². The van der Waals surface area contributed by atoms with E-state index in [1.54, 1.807) is 25.1 Å². The summed E-state index contributed by atoms with van der Waals surface area (Å²) in [6.07, 6.45) is 0. The summed E-state index contributed by atoms with van der Waals surface area (Å²) >= 11 is 3.16. The second-order valence-electron chi connectivity index (χ2n) is 4.07. The van der Waals surface area contributed by atoms with Crippen molar-refractivity contribution in [1.82, 2.24) is 0 Å². The van der Waals surface area contributed by atoms with Gasteiger partial charge in [-0.3, -0.25) is 4.79 Å². The maximum Gasteiger partial charge on any atom is 0.259 e. The van der Waals surface area contributed by atoms with Crippen molar-refractivity contribution >= 4 is 27.5 Å². The number of aryl methyl sites for hydroxylation is 1. The summed E-state index contributed by atoms with van der Waals surface area (Å²) in [5.41, 5.74) is 0.985. The average Bonchev–Trinajstić information content (AvgIpc) is 2.37. The predicted molar refractivity (Wildman–Crippen MR) is 74.9 cm³/mol. The zero-order valence-electron chi connectivity index (χ0n) is 10.1. The summed E-state index contributed by atoms with van der Waals surface area (Å²) < 4.78 is 14.0. The number of phenols is 1. The average molecular weight is 324 g/mol. The lowest BCUT2D eigenvalue weighted by atomic mass is 10.1. The van der Waals surface area contributed by atoms with Gasteiger partial charge in [0.1, 0.15) is 11.6 Å². The van der Waals surface area contributed by atoms with Gasteiger partial charge in [-0.2, -0.15) is 0 Å². The molecule has 2 N–H and O–H groups in total. The van der Waals surface area contributed by atoms with Crippen molar-refractivity contribution in [3.05, 3.63) is 57.8 Å². The molecule has 0 heterocycles. The largest absolute Gasteiger partial charge is 0.507 e. The van der Waals surface area contributed by atoms with Gasteiger partial charge in [0.2, 0.25) is 0 Å². The number of para-hydroxylation sites is 1. The highest BCUT2D eigenvalue weighted by molar-refractivity contribution is 9.10. The number of benzene rings is 2. The van der Waals surface area contributed by atoms with E-state index < -0.39 is 11.7 Å². The minimum atomic E-state index is -0.563. The number of halogens is 2. The van der Waals surface area contributed by atoms with Crippen molar-refractivity contribution in [1.29, 1.82) is 0 Å². The normalized spacial score (nSPS) is 10.3. The quantitative estimate of drug-likeness (QED) is 0.881. The van der Waals surface area contributed by atoms with Gasteiger partial charge in [0, 0.05) is 4.47 Å². The van der Waals surface area contributed by atoms with Crippen LogP contribution in [0.4, 0.5) is 10.1 Å². The molecule has 2 aromatic rings. The molecular formula is C14H11BrFNO2. The monoisotopic (exact) mass is 323 g/mol. The first-order valence-corrected chi connectivity index (χ1v) is 6.33. The molecule has 0 aliphatic heterocycles. The second kappa shape index (κ2) is 5.40. The number of aromatic hydroxyl groups is 1. The van der Waals surface area contributed by atoms with E-state index in [4.69, 9.17) is 0 Å². The third-order valence-corrected chi connectivity index (χ3v) is 3.26. The van der Waals surface area contributed by atoms with E-state index in [1.807, 2.05) is 0 Å². The Morgan fingerprint density at radius 3 is 2.74 bits per heavy atom. The number of phenolic OH excluding ortho intramolecular Hbond substituents is 1. The van der Waals surface area contributed by atoms with Crippen molar-refractivity contribution in [2.24, 2.45) is 0 Å². The van der Waals surface area contributed by atoms with E-state index in [-0.39, 0.29) is 17.0 Å². The van der Waals surface area contributed by atoms with Crippen molar-refractivity contribution in [3.63, 3.8) is 0 Å². The van der Waals surface area contributed by atoms with Crippen LogP contribution in [0.15, 0.2) is 40.9 Å². The molecule has 1 amide bonds. The van der Waals surface area contributed by atoms with Gasteiger partial charge in [0.25, 0.3) is 5.91 Å². The van der Waals surface area contributed by atoms with Crippen LogP contribution in [0.2, 0.25) is 0 Å². The zero-order valence-corrected chi connectivity index (χ0v) is 11.7. The van der Waals surface area contributed by atoms with Crippen molar-refractivity contribution in [3.8, 4) is 5.75 Å². The van der Waals surface area contributed by atoms with Gasteiger partial charge in [-0.15, -0.1) is 0 Å². The Hall–Kier alpha value is -1.88. The highest BCUT2D eigenvalue weighted by atomic mass is 79.9. The van der Waals surface area contributed by atoms with E-state index in [9.17, 15) is 14.3 Å². The fourth-order valence-electron chi connectivity index (χ4n) is 1.63. The van der Waals surface area contributed by atoms with Crippen LogP contribution in [0, 0.1) is 12.7 Å². The number of hydrogen-bond acceptors (Lipinski definition) is 2. The van der Waals surface area contributed by atoms with Crippen LogP contribution in [0.25, 0.3) is 0 Å². The number of rotatable bonds is 2. The second-order valence-corrected chi connectivity index (χ2v) is 4.93. The number of amides is 1. The van der Waals surface area contributed by atoms with E-state index in [0.717, 1.165) is 5.56 Å². The molecule has 0 radical (unpaired) electrons. The van der Waals surface area contributed by atoms with Crippen LogP contribution in [-0.2, 0) is 0 Å². The van der Waals surface area contributed by atoms with Gasteiger partial charge in [-0.1, -0.05) is 17.7 Å². The van der Waals surface area contributed by atoms with Crippen LogP contribution in [0.1, 0.15) is 15.9 Å². The lowest BCUT2D eigenvalue weighted by Gasteiger charge is -2.10. The minimum absolute atomic E-state index is 0.0495. The molecule has 0 fully saturated rings. The summed E-state index contributed by atoms with van der Waals surface area (Å²) in [6, 6.07) is 9.05. The van der Waals surface area contributed by atoms with Gasteiger partial charge < -0.3 is 10.4 Å². The Labute approximate surface area is 118 Å².